The molecule has 0 radical (unpaired) electrons. The molecule has 4 heteroatoms. The van der Waals surface area contributed by atoms with E-state index in [1.807, 2.05) is 0 Å². The van der Waals surface area contributed by atoms with Crippen LogP contribution in [0.15, 0.2) is 0 Å². The second-order valence-corrected chi connectivity index (χ2v) is 4.31. The van der Waals surface area contributed by atoms with Gasteiger partial charge in [0, 0.05) is 11.0 Å². The molecule has 0 aliphatic rings. The summed E-state index contributed by atoms with van der Waals surface area (Å²) in [6, 6.07) is 0. The minimum atomic E-state index is 0.676. The molecule has 0 fully saturated rings. The van der Waals surface area contributed by atoms with Crippen molar-refractivity contribution >= 4 is 22.6 Å². The van der Waals surface area contributed by atoms with Crippen LogP contribution in [0.4, 0.5) is 0 Å². The van der Waals surface area contributed by atoms with Crippen LogP contribution >= 0.6 is 22.6 Å². The molecule has 0 aromatic rings. The average molecular weight is 330 g/mol. The van der Waals surface area contributed by atoms with Crippen LogP contribution in [-0.2, 0) is 14.2 Å². The van der Waals surface area contributed by atoms with Gasteiger partial charge in [0.15, 0.2) is 0 Å². The monoisotopic (exact) mass is 330 g/mol. The van der Waals surface area contributed by atoms with Gasteiger partial charge in [0.05, 0.1) is 33.0 Å². The molecule has 0 amide bonds. The average Bonchev–Trinajstić information content (AvgIpc) is 2.26. The van der Waals surface area contributed by atoms with E-state index in [2.05, 4.69) is 29.5 Å². The molecule has 0 bridgehead atoms. The minimum Gasteiger partial charge on any atom is -0.379 e. The van der Waals surface area contributed by atoms with Crippen molar-refractivity contribution in [1.82, 2.24) is 0 Å². The highest BCUT2D eigenvalue weighted by molar-refractivity contribution is 14.1. The Bertz CT molecular complexity index is 100. The lowest BCUT2D eigenvalue weighted by Gasteiger charge is -2.05. The second-order valence-electron chi connectivity index (χ2n) is 3.23. The Morgan fingerprint density at radius 3 is 1.80 bits per heavy atom. The number of halogens is 1. The van der Waals surface area contributed by atoms with E-state index >= 15 is 0 Å². The van der Waals surface area contributed by atoms with Gasteiger partial charge in [0.2, 0.25) is 0 Å². The molecule has 0 spiro atoms. The zero-order valence-electron chi connectivity index (χ0n) is 9.67. The van der Waals surface area contributed by atoms with E-state index in [-0.39, 0.29) is 0 Å². The van der Waals surface area contributed by atoms with Gasteiger partial charge in [-0.2, -0.15) is 0 Å². The standard InChI is InChI=1S/C11H23IO3/c1-2-3-4-6-13-8-10-15-11-9-14-7-5-12/h2-11H2,1H3. The Balaban J connectivity index is 2.81. The van der Waals surface area contributed by atoms with Crippen LogP contribution in [-0.4, -0.2) is 44.1 Å². The first-order valence-corrected chi connectivity index (χ1v) is 7.23. The van der Waals surface area contributed by atoms with Crippen molar-refractivity contribution in [3.8, 4) is 0 Å². The van der Waals surface area contributed by atoms with Gasteiger partial charge in [0.25, 0.3) is 0 Å². The SMILES string of the molecule is CCCCCOCCOCCOCCI. The predicted molar refractivity (Wildman–Crippen MR) is 70.9 cm³/mol. The number of alkyl halides is 1. The summed E-state index contributed by atoms with van der Waals surface area (Å²) in [5.41, 5.74) is 0. The largest absolute Gasteiger partial charge is 0.379 e. The van der Waals surface area contributed by atoms with Gasteiger partial charge in [-0.3, -0.25) is 0 Å². The van der Waals surface area contributed by atoms with Crippen molar-refractivity contribution in [1.29, 1.82) is 0 Å². The maximum Gasteiger partial charge on any atom is 0.0701 e. The number of hydrogen-bond acceptors (Lipinski definition) is 3. The third-order valence-corrected chi connectivity index (χ3v) is 2.30. The summed E-state index contributed by atoms with van der Waals surface area (Å²) in [5.74, 6) is 0. The number of hydrogen-bond donors (Lipinski definition) is 0. The fourth-order valence-corrected chi connectivity index (χ4v) is 1.36. The van der Waals surface area contributed by atoms with Gasteiger partial charge in [0.1, 0.15) is 0 Å². The smallest absolute Gasteiger partial charge is 0.0701 e. The Labute approximate surface area is 107 Å². The minimum absolute atomic E-state index is 0.676. The molecule has 0 saturated carbocycles. The molecule has 15 heavy (non-hydrogen) atoms. The van der Waals surface area contributed by atoms with E-state index in [0.29, 0.717) is 26.4 Å². The molecule has 92 valence electrons. The molecule has 0 saturated heterocycles. The van der Waals surface area contributed by atoms with Crippen LogP contribution in [0, 0.1) is 0 Å². The van der Waals surface area contributed by atoms with Crippen LogP contribution in [0.5, 0.6) is 0 Å². The van der Waals surface area contributed by atoms with Crippen molar-refractivity contribution in [2.45, 2.75) is 26.2 Å². The maximum absolute atomic E-state index is 5.40. The fraction of sp³-hybridized carbons (Fsp3) is 1.00. The van der Waals surface area contributed by atoms with Gasteiger partial charge < -0.3 is 14.2 Å². The topological polar surface area (TPSA) is 27.7 Å². The fourth-order valence-electron chi connectivity index (χ4n) is 1.05. The van der Waals surface area contributed by atoms with E-state index in [9.17, 15) is 0 Å². The van der Waals surface area contributed by atoms with Crippen molar-refractivity contribution in [3.63, 3.8) is 0 Å². The number of rotatable bonds is 12. The third-order valence-electron chi connectivity index (χ3n) is 1.86. The van der Waals surface area contributed by atoms with Crippen molar-refractivity contribution in [2.75, 3.05) is 44.1 Å². The molecule has 0 aliphatic heterocycles. The molecule has 0 aromatic carbocycles. The highest BCUT2D eigenvalue weighted by atomic mass is 127. The first kappa shape index (κ1) is 15.6. The summed E-state index contributed by atoms with van der Waals surface area (Å²) in [4.78, 5) is 0. The molecule has 3 nitrogen and oxygen atoms in total. The molecule has 0 atom stereocenters. The van der Waals surface area contributed by atoms with Gasteiger partial charge in [-0.15, -0.1) is 0 Å². The van der Waals surface area contributed by atoms with E-state index in [1.54, 1.807) is 0 Å². The zero-order chi connectivity index (χ0) is 11.2. The van der Waals surface area contributed by atoms with Gasteiger partial charge >= 0.3 is 0 Å². The molecule has 0 heterocycles. The van der Waals surface area contributed by atoms with Crippen LogP contribution in [0.2, 0.25) is 0 Å². The predicted octanol–water partition coefficient (Wildman–Crippen LogP) is 2.66. The van der Waals surface area contributed by atoms with E-state index < -0.39 is 0 Å². The summed E-state index contributed by atoms with van der Waals surface area (Å²) in [6.45, 7) is 6.63. The van der Waals surface area contributed by atoms with Crippen LogP contribution in [0.25, 0.3) is 0 Å². The molecule has 0 N–H and O–H groups in total. The van der Waals surface area contributed by atoms with E-state index in [4.69, 9.17) is 14.2 Å². The van der Waals surface area contributed by atoms with Gasteiger partial charge in [-0.1, -0.05) is 42.4 Å². The van der Waals surface area contributed by atoms with Crippen LogP contribution in [0.1, 0.15) is 26.2 Å². The molecular formula is C11H23IO3. The Morgan fingerprint density at radius 1 is 0.733 bits per heavy atom. The molecule has 0 aliphatic carbocycles. The Hall–Kier alpha value is 0.610. The molecule has 0 unspecified atom stereocenters. The summed E-state index contributed by atoms with van der Waals surface area (Å²) < 4.78 is 17.0. The first-order chi connectivity index (χ1) is 7.41. The molecular weight excluding hydrogens is 307 g/mol. The van der Waals surface area contributed by atoms with Gasteiger partial charge in [-0.05, 0) is 6.42 Å². The second kappa shape index (κ2) is 14.6. The maximum atomic E-state index is 5.40. The lowest BCUT2D eigenvalue weighted by molar-refractivity contribution is 0.0170. The molecule has 0 rings (SSSR count). The number of ether oxygens (including phenoxy) is 3. The van der Waals surface area contributed by atoms with E-state index in [0.717, 1.165) is 24.1 Å². The summed E-state index contributed by atoms with van der Waals surface area (Å²) in [6.07, 6.45) is 3.66. The zero-order valence-corrected chi connectivity index (χ0v) is 11.8. The highest BCUT2D eigenvalue weighted by Gasteiger charge is 1.91. The Kier molecular flexibility index (Phi) is 15.2. The normalized spacial score (nSPS) is 10.8. The van der Waals surface area contributed by atoms with Crippen LogP contribution in [0.3, 0.4) is 0 Å². The first-order valence-electron chi connectivity index (χ1n) is 5.71. The quantitative estimate of drug-likeness (QED) is 0.313. The van der Waals surface area contributed by atoms with Crippen molar-refractivity contribution in [3.05, 3.63) is 0 Å². The summed E-state index contributed by atoms with van der Waals surface area (Å²) >= 11 is 2.29. The number of unbranched alkanes of at least 4 members (excludes halogenated alkanes) is 2. The lowest BCUT2D eigenvalue weighted by atomic mass is 10.3. The molecule has 0 aromatic heterocycles. The van der Waals surface area contributed by atoms with Crippen molar-refractivity contribution < 1.29 is 14.2 Å². The summed E-state index contributed by atoms with van der Waals surface area (Å²) in [5, 5.41) is 0. The summed E-state index contributed by atoms with van der Waals surface area (Å²) in [7, 11) is 0. The highest BCUT2D eigenvalue weighted by Crippen LogP contribution is 1.93. The van der Waals surface area contributed by atoms with Crippen LogP contribution < -0.4 is 0 Å². The third kappa shape index (κ3) is 14.6. The lowest BCUT2D eigenvalue weighted by Crippen LogP contribution is -2.10. The Morgan fingerprint density at radius 2 is 1.27 bits per heavy atom. The van der Waals surface area contributed by atoms with Gasteiger partial charge in [-0.25, -0.2) is 0 Å². The van der Waals surface area contributed by atoms with Crippen molar-refractivity contribution in [2.24, 2.45) is 0 Å². The van der Waals surface area contributed by atoms with E-state index in [1.165, 1.54) is 12.8 Å².